The molecule has 0 spiro atoms. The molecule has 0 bridgehead atoms. The highest BCUT2D eigenvalue weighted by atomic mass is 16.5. The largest absolute Gasteiger partial charge is 0.494 e. The van der Waals surface area contributed by atoms with Crippen LogP contribution >= 0.6 is 0 Å². The molecule has 0 N–H and O–H groups in total. The monoisotopic (exact) mass is 407 g/mol. The second-order valence-corrected chi connectivity index (χ2v) is 8.21. The van der Waals surface area contributed by atoms with E-state index in [9.17, 15) is 0 Å². The Morgan fingerprint density at radius 2 is 1.57 bits per heavy atom. The van der Waals surface area contributed by atoms with E-state index >= 15 is 0 Å². The van der Waals surface area contributed by atoms with Crippen molar-refractivity contribution >= 4 is 5.65 Å². The number of pyridine rings is 1. The third-order valence-corrected chi connectivity index (χ3v) is 5.75. The van der Waals surface area contributed by atoms with Crippen LogP contribution in [-0.2, 0) is 0 Å². The summed E-state index contributed by atoms with van der Waals surface area (Å²) >= 11 is 0. The molecular weight excluding hydrogens is 370 g/mol. The molecule has 1 aromatic carbocycles. The van der Waals surface area contributed by atoms with Gasteiger partial charge in [-0.15, -0.1) is 0 Å². The number of aryl methyl sites for hydroxylation is 2. The van der Waals surface area contributed by atoms with Crippen molar-refractivity contribution in [3.8, 4) is 17.0 Å². The van der Waals surface area contributed by atoms with Gasteiger partial charge in [0.15, 0.2) is 0 Å². The minimum atomic E-state index is 0.765. The molecule has 0 fully saturated rings. The van der Waals surface area contributed by atoms with Crippen molar-refractivity contribution in [3.63, 3.8) is 0 Å². The van der Waals surface area contributed by atoms with Crippen LogP contribution in [0.5, 0.6) is 5.75 Å². The van der Waals surface area contributed by atoms with Gasteiger partial charge in [-0.1, -0.05) is 32.8 Å². The molecule has 0 unspecified atom stereocenters. The van der Waals surface area contributed by atoms with Gasteiger partial charge in [0.1, 0.15) is 11.4 Å². The van der Waals surface area contributed by atoms with Crippen LogP contribution in [0, 0.1) is 13.8 Å². The first-order valence-electron chi connectivity index (χ1n) is 11.5. The van der Waals surface area contributed by atoms with E-state index in [1.807, 2.05) is 0 Å². The van der Waals surface area contributed by atoms with Gasteiger partial charge in [-0.2, -0.15) is 0 Å². The van der Waals surface area contributed by atoms with Crippen molar-refractivity contribution in [1.29, 1.82) is 0 Å². The molecule has 0 saturated heterocycles. The van der Waals surface area contributed by atoms with E-state index in [1.54, 1.807) is 0 Å². The van der Waals surface area contributed by atoms with Crippen molar-refractivity contribution in [3.05, 3.63) is 53.9 Å². The van der Waals surface area contributed by atoms with Gasteiger partial charge in [0.05, 0.1) is 12.3 Å². The van der Waals surface area contributed by atoms with Crippen LogP contribution in [0.2, 0.25) is 0 Å². The molecule has 3 rings (SSSR count). The molecule has 3 aromatic rings. The lowest BCUT2D eigenvalue weighted by Crippen LogP contribution is -2.28. The maximum Gasteiger partial charge on any atom is 0.140 e. The molecule has 0 aliphatic rings. The zero-order chi connectivity index (χ0) is 21.3. The number of fused-ring (bicyclic) bond motifs is 1. The molecular formula is C26H37N3O. The summed E-state index contributed by atoms with van der Waals surface area (Å²) in [5, 5.41) is 0. The molecule has 4 heteroatoms. The fourth-order valence-electron chi connectivity index (χ4n) is 3.88. The number of rotatable bonds is 12. The molecule has 30 heavy (non-hydrogen) atoms. The first-order valence-corrected chi connectivity index (χ1v) is 11.5. The molecule has 0 saturated carbocycles. The number of imidazole rings is 1. The Labute approximate surface area is 181 Å². The van der Waals surface area contributed by atoms with Crippen molar-refractivity contribution in [2.75, 3.05) is 26.2 Å². The van der Waals surface area contributed by atoms with Gasteiger partial charge in [0, 0.05) is 24.0 Å². The second kappa shape index (κ2) is 11.2. The first kappa shape index (κ1) is 22.4. The lowest BCUT2D eigenvalue weighted by Gasteiger charge is -2.21. The Bertz CT molecular complexity index is 906. The number of hydrogen-bond donors (Lipinski definition) is 0. The highest BCUT2D eigenvalue weighted by Gasteiger charge is 2.11. The molecule has 0 radical (unpaired) electrons. The number of nitrogens with zero attached hydrogens (tertiary/aromatic N) is 3. The number of hydrogen-bond acceptors (Lipinski definition) is 3. The van der Waals surface area contributed by atoms with Gasteiger partial charge < -0.3 is 14.0 Å². The summed E-state index contributed by atoms with van der Waals surface area (Å²) in [6.07, 6.45) is 8.24. The molecule has 2 heterocycles. The van der Waals surface area contributed by atoms with Crippen molar-refractivity contribution in [2.45, 2.75) is 59.8 Å². The van der Waals surface area contributed by atoms with Gasteiger partial charge in [0.25, 0.3) is 0 Å². The van der Waals surface area contributed by atoms with Crippen LogP contribution < -0.4 is 4.74 Å². The fraction of sp³-hybridized carbons (Fsp3) is 0.500. The number of unbranched alkanes of at least 4 members (excludes halogenated alkanes) is 2. The third kappa shape index (κ3) is 5.63. The third-order valence-electron chi connectivity index (χ3n) is 5.75. The molecule has 0 amide bonds. The average Bonchev–Trinajstić information content (AvgIpc) is 3.11. The van der Waals surface area contributed by atoms with Crippen LogP contribution in [0.4, 0.5) is 0 Å². The van der Waals surface area contributed by atoms with Crippen LogP contribution in [-0.4, -0.2) is 40.5 Å². The summed E-state index contributed by atoms with van der Waals surface area (Å²) in [6, 6.07) is 12.6. The average molecular weight is 408 g/mol. The van der Waals surface area contributed by atoms with E-state index in [4.69, 9.17) is 9.72 Å². The smallest absolute Gasteiger partial charge is 0.140 e. The number of benzene rings is 1. The second-order valence-electron chi connectivity index (χ2n) is 8.21. The predicted octanol–water partition coefficient (Wildman–Crippen LogP) is 6.29. The molecule has 4 nitrogen and oxygen atoms in total. The van der Waals surface area contributed by atoms with Gasteiger partial charge in [-0.25, -0.2) is 4.98 Å². The standard InChI is InChI=1S/C26H37N3O/c1-5-7-16-28(17-8-6-2)18-10-20-30-24-14-12-23(13-15-24)25-22(4)29-19-9-11-21(3)26(29)27-25/h9,11-15,19H,5-8,10,16-18,20H2,1-4H3. The molecule has 0 aliphatic heterocycles. The summed E-state index contributed by atoms with van der Waals surface area (Å²) in [5.74, 6) is 0.935. The zero-order valence-corrected chi connectivity index (χ0v) is 19.2. The minimum Gasteiger partial charge on any atom is -0.494 e. The van der Waals surface area contributed by atoms with Crippen molar-refractivity contribution in [2.24, 2.45) is 0 Å². The Morgan fingerprint density at radius 3 is 2.20 bits per heavy atom. The van der Waals surface area contributed by atoms with E-state index in [0.717, 1.165) is 42.2 Å². The van der Waals surface area contributed by atoms with Gasteiger partial charge >= 0.3 is 0 Å². The summed E-state index contributed by atoms with van der Waals surface area (Å²) in [4.78, 5) is 7.46. The SMILES string of the molecule is CCCCN(CCCC)CCCOc1ccc(-c2nc3c(C)cccn3c2C)cc1. The van der Waals surface area contributed by atoms with Crippen LogP contribution in [0.25, 0.3) is 16.9 Å². The lowest BCUT2D eigenvalue weighted by molar-refractivity contribution is 0.229. The fourth-order valence-corrected chi connectivity index (χ4v) is 3.88. The van der Waals surface area contributed by atoms with Gasteiger partial charge in [0.2, 0.25) is 0 Å². The summed E-state index contributed by atoms with van der Waals surface area (Å²) < 4.78 is 8.18. The maximum atomic E-state index is 6.01. The summed E-state index contributed by atoms with van der Waals surface area (Å²) in [7, 11) is 0. The lowest BCUT2D eigenvalue weighted by atomic mass is 10.1. The number of aromatic nitrogens is 2. The predicted molar refractivity (Wildman–Crippen MR) is 126 cm³/mol. The highest BCUT2D eigenvalue weighted by molar-refractivity contribution is 5.68. The first-order chi connectivity index (χ1) is 14.6. The maximum absolute atomic E-state index is 6.01. The minimum absolute atomic E-state index is 0.765. The van der Waals surface area contributed by atoms with Crippen LogP contribution in [0.3, 0.4) is 0 Å². The van der Waals surface area contributed by atoms with Crippen molar-refractivity contribution in [1.82, 2.24) is 14.3 Å². The van der Waals surface area contributed by atoms with Crippen LogP contribution in [0.1, 0.15) is 57.2 Å². The van der Waals surface area contributed by atoms with E-state index in [1.165, 1.54) is 50.0 Å². The van der Waals surface area contributed by atoms with Crippen molar-refractivity contribution < 1.29 is 4.74 Å². The van der Waals surface area contributed by atoms with Gasteiger partial charge in [-0.05, 0) is 82.1 Å². The normalized spacial score (nSPS) is 11.5. The van der Waals surface area contributed by atoms with E-state index in [2.05, 4.69) is 79.6 Å². The van der Waals surface area contributed by atoms with E-state index in [-0.39, 0.29) is 0 Å². The molecule has 0 atom stereocenters. The van der Waals surface area contributed by atoms with Crippen LogP contribution in [0.15, 0.2) is 42.6 Å². The van der Waals surface area contributed by atoms with Gasteiger partial charge in [-0.3, -0.25) is 0 Å². The quantitative estimate of drug-likeness (QED) is 0.331. The van der Waals surface area contributed by atoms with E-state index < -0.39 is 0 Å². The molecule has 2 aromatic heterocycles. The summed E-state index contributed by atoms with van der Waals surface area (Å²) in [5.41, 5.74) is 5.56. The summed E-state index contributed by atoms with van der Waals surface area (Å²) in [6.45, 7) is 13.1. The Morgan fingerprint density at radius 1 is 0.900 bits per heavy atom. The molecule has 162 valence electrons. The zero-order valence-electron chi connectivity index (χ0n) is 19.2. The molecule has 0 aliphatic carbocycles. The Balaban J connectivity index is 1.55. The number of ether oxygens (including phenoxy) is 1. The van der Waals surface area contributed by atoms with E-state index in [0.29, 0.717) is 0 Å². The Kier molecular flexibility index (Phi) is 8.32. The highest BCUT2D eigenvalue weighted by Crippen LogP contribution is 2.26. The Hall–Kier alpha value is -2.33. The topological polar surface area (TPSA) is 29.8 Å².